The summed E-state index contributed by atoms with van der Waals surface area (Å²) in [5.74, 6) is 2.07. The third-order valence-electron chi connectivity index (χ3n) is 9.52. The Bertz CT molecular complexity index is 1590. The fourth-order valence-electron chi connectivity index (χ4n) is 7.16. The molecule has 0 unspecified atom stereocenters. The second kappa shape index (κ2) is 10.2. The average molecular weight is 546 g/mol. The van der Waals surface area contributed by atoms with Crippen molar-refractivity contribution in [2.45, 2.75) is 75.9 Å². The van der Waals surface area contributed by atoms with Gasteiger partial charge in [0.25, 0.3) is 0 Å². The monoisotopic (exact) mass is 545 g/mol. The molecule has 2 N–H and O–H groups in total. The molecule has 2 aromatic heterocycles. The lowest BCUT2D eigenvalue weighted by Gasteiger charge is -2.28. The van der Waals surface area contributed by atoms with Crippen molar-refractivity contribution in [3.8, 4) is 0 Å². The Morgan fingerprint density at radius 2 is 1.80 bits per heavy atom. The molecule has 3 fully saturated rings. The molecule has 6 heteroatoms. The molecule has 1 aromatic carbocycles. The first-order valence-electron chi connectivity index (χ1n) is 15.7. The zero-order valence-corrected chi connectivity index (χ0v) is 23.8. The van der Waals surface area contributed by atoms with Gasteiger partial charge in [0.05, 0.1) is 28.6 Å². The number of hydrogen-bond donors (Lipinski definition) is 2. The van der Waals surface area contributed by atoms with Gasteiger partial charge < -0.3 is 19.9 Å². The quantitative estimate of drug-likeness (QED) is 0.358. The van der Waals surface area contributed by atoms with Gasteiger partial charge in [-0.25, -0.2) is 4.98 Å². The Labute approximate surface area is 242 Å². The number of anilines is 1. The van der Waals surface area contributed by atoms with Crippen LogP contribution in [0.3, 0.4) is 0 Å². The van der Waals surface area contributed by atoms with Crippen molar-refractivity contribution in [1.29, 1.82) is 0 Å². The van der Waals surface area contributed by atoms with Crippen molar-refractivity contribution >= 4 is 28.0 Å². The SMILES string of the molecule is C1=C/C(OC2CCCCC2)=C\C(c2ccc3c(c2)C(c2cc4c(N5CCCCC5)nccc4[nH]2)=NC32CC2)=C/NC/1. The van der Waals surface area contributed by atoms with E-state index in [2.05, 4.69) is 70.0 Å². The van der Waals surface area contributed by atoms with Gasteiger partial charge in [0.1, 0.15) is 11.6 Å². The van der Waals surface area contributed by atoms with Gasteiger partial charge in [-0.05, 0) is 99.3 Å². The van der Waals surface area contributed by atoms with E-state index in [1.54, 1.807) is 0 Å². The second-order valence-electron chi connectivity index (χ2n) is 12.4. The Balaban J connectivity index is 1.15. The van der Waals surface area contributed by atoms with Crippen molar-refractivity contribution in [2.75, 3.05) is 24.5 Å². The fraction of sp³-hybridized carbons (Fsp3) is 0.429. The van der Waals surface area contributed by atoms with Gasteiger partial charge in [-0.3, -0.25) is 4.99 Å². The van der Waals surface area contributed by atoms with Crippen LogP contribution in [0.5, 0.6) is 0 Å². The lowest BCUT2D eigenvalue weighted by molar-refractivity contribution is 0.0901. The predicted molar refractivity (Wildman–Crippen MR) is 166 cm³/mol. The Kier molecular flexibility index (Phi) is 6.23. The molecular formula is C35H39N5O. The number of pyridine rings is 1. The summed E-state index contributed by atoms with van der Waals surface area (Å²) in [6, 6.07) is 11.3. The van der Waals surface area contributed by atoms with Crippen LogP contribution in [0.1, 0.15) is 86.6 Å². The molecule has 3 aliphatic heterocycles. The van der Waals surface area contributed by atoms with Gasteiger partial charge in [-0.15, -0.1) is 0 Å². The summed E-state index contributed by atoms with van der Waals surface area (Å²) < 4.78 is 6.51. The molecule has 41 heavy (non-hydrogen) atoms. The molecule has 3 aromatic rings. The number of fused-ring (bicyclic) bond motifs is 3. The van der Waals surface area contributed by atoms with Gasteiger partial charge in [-0.1, -0.05) is 24.6 Å². The van der Waals surface area contributed by atoms with Crippen molar-refractivity contribution in [2.24, 2.45) is 4.99 Å². The number of aromatic amines is 1. The van der Waals surface area contributed by atoms with Crippen LogP contribution < -0.4 is 10.2 Å². The van der Waals surface area contributed by atoms with E-state index < -0.39 is 0 Å². The van der Waals surface area contributed by atoms with Gasteiger partial charge in [0.15, 0.2) is 0 Å². The molecule has 5 heterocycles. The Hall–Kier alpha value is -3.80. The first-order chi connectivity index (χ1) is 20.3. The van der Waals surface area contributed by atoms with Crippen LogP contribution in [0.25, 0.3) is 16.5 Å². The minimum absolute atomic E-state index is 0.0458. The highest BCUT2D eigenvalue weighted by molar-refractivity contribution is 6.17. The summed E-state index contributed by atoms with van der Waals surface area (Å²) in [7, 11) is 0. The third-order valence-corrected chi connectivity index (χ3v) is 9.52. The number of allylic oxidation sites excluding steroid dienone is 3. The summed E-state index contributed by atoms with van der Waals surface area (Å²) in [6.45, 7) is 2.96. The zero-order valence-electron chi connectivity index (χ0n) is 23.8. The van der Waals surface area contributed by atoms with Crippen molar-refractivity contribution < 1.29 is 4.74 Å². The lowest BCUT2D eigenvalue weighted by Crippen LogP contribution is -2.30. The van der Waals surface area contributed by atoms with Gasteiger partial charge >= 0.3 is 0 Å². The van der Waals surface area contributed by atoms with E-state index in [9.17, 15) is 0 Å². The standard InChI is InChI=1S/C35H39N5O/c1-3-8-26(9-4-1)41-27-10-7-16-36-23-25(20-27)24-11-12-30-28(21-24)33(39-35(30)14-15-35)32-22-29-31(38-32)13-17-37-34(29)40-18-5-2-6-19-40/h7,10-13,17,20-23,26,36,38H,1-6,8-9,14-16,18-19H2/b10-7+,25-23+,27-20+. The first-order valence-corrected chi connectivity index (χ1v) is 15.7. The maximum Gasteiger partial charge on any atom is 0.137 e. The third kappa shape index (κ3) is 4.67. The summed E-state index contributed by atoms with van der Waals surface area (Å²) >= 11 is 0. The number of nitrogens with zero attached hydrogens (tertiary/aromatic N) is 3. The van der Waals surface area contributed by atoms with E-state index in [4.69, 9.17) is 14.7 Å². The molecule has 1 saturated heterocycles. The minimum Gasteiger partial charge on any atom is -0.490 e. The minimum atomic E-state index is -0.0458. The molecule has 2 aliphatic carbocycles. The van der Waals surface area contributed by atoms with Crippen molar-refractivity contribution in [1.82, 2.24) is 15.3 Å². The number of ether oxygens (including phenoxy) is 1. The fourth-order valence-corrected chi connectivity index (χ4v) is 7.16. The number of aromatic nitrogens is 2. The number of benzene rings is 1. The van der Waals surface area contributed by atoms with Crippen LogP contribution in [0.2, 0.25) is 0 Å². The number of nitrogens with one attached hydrogen (secondary N) is 2. The number of rotatable bonds is 5. The molecule has 6 nitrogen and oxygen atoms in total. The largest absolute Gasteiger partial charge is 0.490 e. The molecule has 0 bridgehead atoms. The number of piperidine rings is 1. The summed E-state index contributed by atoms with van der Waals surface area (Å²) in [5, 5.41) is 4.66. The summed E-state index contributed by atoms with van der Waals surface area (Å²) in [6.07, 6.45) is 23.1. The molecule has 1 spiro atoms. The Morgan fingerprint density at radius 1 is 0.951 bits per heavy atom. The number of hydrogen-bond acceptors (Lipinski definition) is 5. The van der Waals surface area contributed by atoms with Gasteiger partial charge in [-0.2, -0.15) is 0 Å². The van der Waals surface area contributed by atoms with E-state index in [-0.39, 0.29) is 5.54 Å². The topological polar surface area (TPSA) is 65.5 Å². The van der Waals surface area contributed by atoms with Crippen LogP contribution in [0.4, 0.5) is 5.82 Å². The van der Waals surface area contributed by atoms with Crippen LogP contribution in [0.15, 0.2) is 71.7 Å². The Morgan fingerprint density at radius 3 is 2.66 bits per heavy atom. The maximum absolute atomic E-state index is 6.51. The van der Waals surface area contributed by atoms with Crippen LogP contribution >= 0.6 is 0 Å². The highest BCUT2D eigenvalue weighted by Crippen LogP contribution is 2.55. The van der Waals surface area contributed by atoms with Gasteiger partial charge in [0.2, 0.25) is 0 Å². The normalized spacial score (nSPS) is 25.3. The van der Waals surface area contributed by atoms with Crippen LogP contribution in [-0.4, -0.2) is 41.4 Å². The van der Waals surface area contributed by atoms with Crippen molar-refractivity contribution in [3.63, 3.8) is 0 Å². The number of aliphatic imine (C=N–C) groups is 1. The molecule has 2 saturated carbocycles. The van der Waals surface area contributed by atoms with Crippen LogP contribution in [-0.2, 0) is 10.3 Å². The second-order valence-corrected chi connectivity index (χ2v) is 12.4. The van der Waals surface area contributed by atoms with E-state index in [1.165, 1.54) is 60.6 Å². The predicted octanol–water partition coefficient (Wildman–Crippen LogP) is 7.13. The highest BCUT2D eigenvalue weighted by Gasteiger charge is 2.50. The lowest BCUT2D eigenvalue weighted by atomic mass is 9.93. The van der Waals surface area contributed by atoms with Crippen molar-refractivity contribution in [3.05, 3.63) is 89.1 Å². The molecule has 210 valence electrons. The zero-order chi connectivity index (χ0) is 27.2. The summed E-state index contributed by atoms with van der Waals surface area (Å²) in [4.78, 5) is 16.4. The van der Waals surface area contributed by atoms with E-state index in [0.717, 1.165) is 79.4 Å². The van der Waals surface area contributed by atoms with E-state index >= 15 is 0 Å². The smallest absolute Gasteiger partial charge is 0.137 e. The molecule has 0 radical (unpaired) electrons. The molecule has 0 amide bonds. The summed E-state index contributed by atoms with van der Waals surface area (Å²) in [5.41, 5.74) is 8.22. The molecule has 8 rings (SSSR count). The van der Waals surface area contributed by atoms with Crippen LogP contribution in [0, 0.1) is 0 Å². The molecule has 0 atom stereocenters. The number of H-pyrrole nitrogens is 1. The van der Waals surface area contributed by atoms with E-state index in [0.29, 0.717) is 6.10 Å². The highest BCUT2D eigenvalue weighted by atomic mass is 16.5. The average Bonchev–Trinajstić information content (AvgIpc) is 3.53. The van der Waals surface area contributed by atoms with Gasteiger partial charge in [0, 0.05) is 48.6 Å². The van der Waals surface area contributed by atoms with E-state index in [1.807, 2.05) is 6.20 Å². The first kappa shape index (κ1) is 25.0. The molecule has 5 aliphatic rings. The maximum atomic E-state index is 6.51. The molecular weight excluding hydrogens is 506 g/mol.